The van der Waals surface area contributed by atoms with Crippen LogP contribution in [0.15, 0.2) is 46.9 Å². The Balaban J connectivity index is 2.40. The predicted octanol–water partition coefficient (Wildman–Crippen LogP) is 3.00. The van der Waals surface area contributed by atoms with E-state index in [4.69, 9.17) is 0 Å². The van der Waals surface area contributed by atoms with Crippen LogP contribution in [0.25, 0.3) is 0 Å². The molecular weight excluding hydrogens is 482 g/mol. The summed E-state index contributed by atoms with van der Waals surface area (Å²) < 4.78 is 27.0. The minimum atomic E-state index is -3.73. The van der Waals surface area contributed by atoms with Gasteiger partial charge in [0.05, 0.1) is 11.9 Å². The lowest BCUT2D eigenvalue weighted by Gasteiger charge is -2.31. The molecule has 0 bridgehead atoms. The van der Waals surface area contributed by atoms with Crippen molar-refractivity contribution in [3.8, 4) is 0 Å². The van der Waals surface area contributed by atoms with E-state index in [2.05, 4.69) is 21.2 Å². The second kappa shape index (κ2) is 10.3. The third-order valence-corrected chi connectivity index (χ3v) is 6.75. The van der Waals surface area contributed by atoms with Crippen molar-refractivity contribution in [1.82, 2.24) is 10.2 Å². The lowest BCUT2D eigenvalue weighted by molar-refractivity contribution is -0.139. The fourth-order valence-electron chi connectivity index (χ4n) is 3.12. The normalized spacial score (nSPS) is 12.2. The van der Waals surface area contributed by atoms with E-state index in [-0.39, 0.29) is 12.5 Å². The predicted molar refractivity (Wildman–Crippen MR) is 126 cm³/mol. The van der Waals surface area contributed by atoms with Crippen molar-refractivity contribution >= 4 is 43.5 Å². The number of nitrogens with zero attached hydrogens (tertiary/aromatic N) is 2. The molecule has 0 aromatic heterocycles. The molecule has 2 amide bonds. The minimum Gasteiger partial charge on any atom is -0.357 e. The van der Waals surface area contributed by atoms with Crippen LogP contribution < -0.4 is 9.62 Å². The second-order valence-electron chi connectivity index (χ2n) is 7.48. The first-order chi connectivity index (χ1) is 14.4. The summed E-state index contributed by atoms with van der Waals surface area (Å²) >= 11 is 3.41. The molecule has 0 aliphatic heterocycles. The molecule has 0 heterocycles. The van der Waals surface area contributed by atoms with Crippen molar-refractivity contribution in [3.63, 3.8) is 0 Å². The molecule has 0 radical (unpaired) electrons. The molecule has 168 valence electrons. The molecule has 31 heavy (non-hydrogen) atoms. The summed E-state index contributed by atoms with van der Waals surface area (Å²) in [6, 6.07) is 11.9. The first-order valence-electron chi connectivity index (χ1n) is 9.74. The van der Waals surface area contributed by atoms with Gasteiger partial charge < -0.3 is 10.2 Å². The van der Waals surface area contributed by atoms with Gasteiger partial charge in [-0.1, -0.05) is 34.1 Å². The largest absolute Gasteiger partial charge is 0.357 e. The summed E-state index contributed by atoms with van der Waals surface area (Å²) in [6.45, 7) is 5.19. The lowest BCUT2D eigenvalue weighted by atomic mass is 10.1. The Morgan fingerprint density at radius 2 is 1.77 bits per heavy atom. The van der Waals surface area contributed by atoms with Gasteiger partial charge in [-0.3, -0.25) is 13.9 Å². The number of benzene rings is 2. The van der Waals surface area contributed by atoms with Crippen LogP contribution in [0.3, 0.4) is 0 Å². The molecule has 7 nitrogen and oxygen atoms in total. The monoisotopic (exact) mass is 509 g/mol. The van der Waals surface area contributed by atoms with Crippen molar-refractivity contribution < 1.29 is 18.0 Å². The summed E-state index contributed by atoms with van der Waals surface area (Å²) in [4.78, 5) is 27.0. The Kier molecular flexibility index (Phi) is 8.25. The maximum absolute atomic E-state index is 13.3. The first-order valence-corrected chi connectivity index (χ1v) is 12.4. The summed E-state index contributed by atoms with van der Waals surface area (Å²) in [7, 11) is -2.23. The highest BCUT2D eigenvalue weighted by molar-refractivity contribution is 9.10. The van der Waals surface area contributed by atoms with Gasteiger partial charge in [-0.05, 0) is 61.7 Å². The lowest BCUT2D eigenvalue weighted by Crippen LogP contribution is -2.50. The zero-order valence-electron chi connectivity index (χ0n) is 18.3. The number of carbonyl (C=O) groups is 2. The van der Waals surface area contributed by atoms with E-state index in [0.29, 0.717) is 5.69 Å². The van der Waals surface area contributed by atoms with E-state index in [9.17, 15) is 18.0 Å². The average molecular weight is 510 g/mol. The number of halogens is 1. The molecule has 1 N–H and O–H groups in total. The van der Waals surface area contributed by atoms with E-state index >= 15 is 0 Å². The summed E-state index contributed by atoms with van der Waals surface area (Å²) in [5.74, 6) is -0.805. The van der Waals surface area contributed by atoms with E-state index in [1.165, 1.54) is 11.9 Å². The SMILES string of the molecule is CNC(=O)[C@@H](C)N(Cc1cccc(Br)c1)C(=O)CN(c1ccc(C)c(C)c1)S(C)(=O)=O. The standard InChI is InChI=1S/C22H28BrN3O4S/c1-15-9-10-20(11-16(15)2)26(31(5,29)30)14-21(27)25(17(3)22(28)24-4)13-18-7-6-8-19(23)12-18/h6-12,17H,13-14H2,1-5H3,(H,24,28)/t17-/m1/s1. The van der Waals surface area contributed by atoms with Crippen molar-refractivity contribution in [1.29, 1.82) is 0 Å². The zero-order chi connectivity index (χ0) is 23.3. The van der Waals surface area contributed by atoms with E-state index in [1.54, 1.807) is 19.1 Å². The molecule has 1 atom stereocenters. The third kappa shape index (κ3) is 6.54. The van der Waals surface area contributed by atoms with Gasteiger partial charge in [0.25, 0.3) is 0 Å². The molecule has 0 aliphatic rings. The number of likely N-dealkylation sites (N-methyl/N-ethyl adjacent to an activating group) is 1. The van der Waals surface area contributed by atoms with Gasteiger partial charge in [0.2, 0.25) is 21.8 Å². The summed E-state index contributed by atoms with van der Waals surface area (Å²) in [5.41, 5.74) is 3.17. The van der Waals surface area contributed by atoms with Crippen LogP contribution in [0, 0.1) is 13.8 Å². The Labute approximate surface area is 192 Å². The number of rotatable bonds is 8. The Morgan fingerprint density at radius 1 is 1.10 bits per heavy atom. The fourth-order valence-corrected chi connectivity index (χ4v) is 4.41. The molecule has 0 fully saturated rings. The highest BCUT2D eigenvalue weighted by Gasteiger charge is 2.29. The zero-order valence-corrected chi connectivity index (χ0v) is 20.7. The van der Waals surface area contributed by atoms with Crippen LogP contribution in [-0.4, -0.2) is 51.0 Å². The Bertz CT molecular complexity index is 1070. The van der Waals surface area contributed by atoms with E-state index < -0.39 is 28.5 Å². The van der Waals surface area contributed by atoms with E-state index in [1.807, 2.05) is 44.2 Å². The van der Waals surface area contributed by atoms with Crippen molar-refractivity contribution in [2.45, 2.75) is 33.4 Å². The summed E-state index contributed by atoms with van der Waals surface area (Å²) in [5, 5.41) is 2.55. The van der Waals surface area contributed by atoms with Gasteiger partial charge >= 0.3 is 0 Å². The van der Waals surface area contributed by atoms with Gasteiger partial charge in [-0.2, -0.15) is 0 Å². The number of carbonyl (C=O) groups excluding carboxylic acids is 2. The molecular formula is C22H28BrN3O4S. The maximum atomic E-state index is 13.3. The number of anilines is 1. The molecule has 0 spiro atoms. The van der Waals surface area contributed by atoms with Gasteiger partial charge in [0.1, 0.15) is 12.6 Å². The number of hydrogen-bond acceptors (Lipinski definition) is 4. The number of aryl methyl sites for hydroxylation is 2. The van der Waals surface area contributed by atoms with Gasteiger partial charge in [0, 0.05) is 18.1 Å². The number of nitrogens with one attached hydrogen (secondary N) is 1. The second-order valence-corrected chi connectivity index (χ2v) is 10.3. The molecule has 0 saturated heterocycles. The Hall–Kier alpha value is -2.39. The molecule has 0 aliphatic carbocycles. The van der Waals surface area contributed by atoms with Crippen molar-refractivity contribution in [3.05, 3.63) is 63.6 Å². The van der Waals surface area contributed by atoms with Crippen LogP contribution in [0.4, 0.5) is 5.69 Å². The van der Waals surface area contributed by atoms with E-state index in [0.717, 1.165) is 31.7 Å². The van der Waals surface area contributed by atoms with Crippen molar-refractivity contribution in [2.75, 3.05) is 24.2 Å². The molecule has 0 unspecified atom stereocenters. The van der Waals surface area contributed by atoms with Crippen LogP contribution >= 0.6 is 15.9 Å². The molecule has 9 heteroatoms. The quantitative estimate of drug-likeness (QED) is 0.592. The molecule has 2 rings (SSSR count). The highest BCUT2D eigenvalue weighted by Crippen LogP contribution is 2.22. The molecule has 2 aromatic rings. The highest BCUT2D eigenvalue weighted by atomic mass is 79.9. The summed E-state index contributed by atoms with van der Waals surface area (Å²) in [6.07, 6.45) is 1.07. The molecule has 0 saturated carbocycles. The van der Waals surface area contributed by atoms with Crippen LogP contribution in [0.5, 0.6) is 0 Å². The first kappa shape index (κ1) is 24.9. The van der Waals surface area contributed by atoms with Gasteiger partial charge in [0.15, 0.2) is 0 Å². The smallest absolute Gasteiger partial charge is 0.244 e. The fraction of sp³-hybridized carbons (Fsp3) is 0.364. The number of sulfonamides is 1. The topological polar surface area (TPSA) is 86.8 Å². The van der Waals surface area contributed by atoms with Gasteiger partial charge in [-0.15, -0.1) is 0 Å². The number of hydrogen-bond donors (Lipinski definition) is 1. The van der Waals surface area contributed by atoms with Crippen LogP contribution in [-0.2, 0) is 26.2 Å². The number of amides is 2. The maximum Gasteiger partial charge on any atom is 0.244 e. The average Bonchev–Trinajstić information content (AvgIpc) is 2.70. The minimum absolute atomic E-state index is 0.164. The molecule has 2 aromatic carbocycles. The van der Waals surface area contributed by atoms with Crippen LogP contribution in [0.1, 0.15) is 23.6 Å². The Morgan fingerprint density at radius 3 is 2.32 bits per heavy atom. The van der Waals surface area contributed by atoms with Crippen LogP contribution in [0.2, 0.25) is 0 Å². The third-order valence-electron chi connectivity index (χ3n) is 5.11. The van der Waals surface area contributed by atoms with Gasteiger partial charge in [-0.25, -0.2) is 8.42 Å². The van der Waals surface area contributed by atoms with Crippen molar-refractivity contribution in [2.24, 2.45) is 0 Å².